The molecule has 2 aromatic rings. The molecule has 1 amide bonds. The summed E-state index contributed by atoms with van der Waals surface area (Å²) >= 11 is 5.74. The SMILES string of the molecule is O=C(CCc1ccccc1)N1CCN(c2ccc(Cl)cc2C(F)(F)F)CC1. The van der Waals surface area contributed by atoms with Crippen molar-refractivity contribution in [3.63, 3.8) is 0 Å². The standard InChI is InChI=1S/C20H20ClF3N2O/c21-16-7-8-18(17(14-16)20(22,23)24)25-10-12-26(13-11-25)19(27)9-6-15-4-2-1-3-5-15/h1-5,7-8,14H,6,9-13H2. The molecule has 27 heavy (non-hydrogen) atoms. The Morgan fingerprint density at radius 3 is 2.30 bits per heavy atom. The lowest BCUT2D eigenvalue weighted by atomic mass is 10.1. The summed E-state index contributed by atoms with van der Waals surface area (Å²) < 4.78 is 39.9. The quantitative estimate of drug-likeness (QED) is 0.751. The number of benzene rings is 2. The van der Waals surface area contributed by atoms with Crippen LogP contribution in [0.1, 0.15) is 17.5 Å². The Bertz CT molecular complexity index is 788. The maximum atomic E-state index is 13.3. The summed E-state index contributed by atoms with van der Waals surface area (Å²) in [6.45, 7) is 1.55. The molecule has 1 aliphatic rings. The molecule has 1 saturated heterocycles. The smallest absolute Gasteiger partial charge is 0.367 e. The van der Waals surface area contributed by atoms with Crippen LogP contribution in [0.5, 0.6) is 0 Å². The number of piperazine rings is 1. The number of hydrogen-bond acceptors (Lipinski definition) is 2. The van der Waals surface area contributed by atoms with Gasteiger partial charge in [-0.1, -0.05) is 41.9 Å². The van der Waals surface area contributed by atoms with Crippen LogP contribution in [0, 0.1) is 0 Å². The van der Waals surface area contributed by atoms with E-state index in [-0.39, 0.29) is 16.6 Å². The molecule has 0 radical (unpaired) electrons. The Labute approximate surface area is 161 Å². The molecular formula is C20H20ClF3N2O. The number of halogens is 4. The Balaban J connectivity index is 1.60. The van der Waals surface area contributed by atoms with Crippen molar-refractivity contribution < 1.29 is 18.0 Å². The minimum Gasteiger partial charge on any atom is -0.367 e. The summed E-state index contributed by atoms with van der Waals surface area (Å²) in [5, 5.41) is 0.0563. The van der Waals surface area contributed by atoms with Gasteiger partial charge < -0.3 is 9.80 Å². The van der Waals surface area contributed by atoms with Crippen LogP contribution in [0.25, 0.3) is 0 Å². The third-order valence-corrected chi connectivity index (χ3v) is 4.94. The predicted octanol–water partition coefficient (Wildman–Crippen LogP) is 4.64. The van der Waals surface area contributed by atoms with Gasteiger partial charge in [0.15, 0.2) is 0 Å². The van der Waals surface area contributed by atoms with E-state index < -0.39 is 11.7 Å². The lowest BCUT2D eigenvalue weighted by Crippen LogP contribution is -2.49. The highest BCUT2D eigenvalue weighted by atomic mass is 35.5. The number of rotatable bonds is 4. The van der Waals surface area contributed by atoms with E-state index in [9.17, 15) is 18.0 Å². The molecule has 0 aromatic heterocycles. The molecule has 0 saturated carbocycles. The van der Waals surface area contributed by atoms with Gasteiger partial charge in [-0.2, -0.15) is 13.2 Å². The molecule has 1 fully saturated rings. The average molecular weight is 397 g/mol. The number of nitrogens with zero attached hydrogens (tertiary/aromatic N) is 2. The van der Waals surface area contributed by atoms with Crippen LogP contribution in [-0.4, -0.2) is 37.0 Å². The minimum atomic E-state index is -4.47. The molecule has 0 unspecified atom stereocenters. The maximum absolute atomic E-state index is 13.3. The van der Waals surface area contributed by atoms with Gasteiger partial charge in [0.1, 0.15) is 0 Å². The third kappa shape index (κ3) is 4.95. The number of amides is 1. The van der Waals surface area contributed by atoms with Crippen LogP contribution in [0.2, 0.25) is 5.02 Å². The van der Waals surface area contributed by atoms with Crippen LogP contribution in [-0.2, 0) is 17.4 Å². The summed E-state index contributed by atoms with van der Waals surface area (Å²) in [5.74, 6) is 0.0330. The first-order chi connectivity index (χ1) is 12.8. The average Bonchev–Trinajstić information content (AvgIpc) is 2.66. The maximum Gasteiger partial charge on any atom is 0.418 e. The fraction of sp³-hybridized carbons (Fsp3) is 0.350. The van der Waals surface area contributed by atoms with Crippen molar-refractivity contribution in [2.75, 3.05) is 31.1 Å². The van der Waals surface area contributed by atoms with Crippen LogP contribution in [0.4, 0.5) is 18.9 Å². The summed E-state index contributed by atoms with van der Waals surface area (Å²) in [6, 6.07) is 13.6. The van der Waals surface area contributed by atoms with E-state index in [1.165, 1.54) is 12.1 Å². The molecule has 3 nitrogen and oxygen atoms in total. The molecule has 1 aliphatic heterocycles. The molecule has 1 heterocycles. The molecule has 0 aliphatic carbocycles. The number of alkyl halides is 3. The summed E-state index contributed by atoms with van der Waals surface area (Å²) in [7, 11) is 0. The van der Waals surface area contributed by atoms with Crippen molar-refractivity contribution in [2.45, 2.75) is 19.0 Å². The Morgan fingerprint density at radius 2 is 1.67 bits per heavy atom. The zero-order valence-corrected chi connectivity index (χ0v) is 15.4. The van der Waals surface area contributed by atoms with Crippen molar-refractivity contribution >= 4 is 23.2 Å². The van der Waals surface area contributed by atoms with Crippen molar-refractivity contribution in [1.29, 1.82) is 0 Å². The largest absolute Gasteiger partial charge is 0.418 e. The van der Waals surface area contributed by atoms with Crippen molar-refractivity contribution in [3.8, 4) is 0 Å². The van der Waals surface area contributed by atoms with Gasteiger partial charge in [0.25, 0.3) is 0 Å². The van der Waals surface area contributed by atoms with Gasteiger partial charge in [0, 0.05) is 43.3 Å². The molecular weight excluding hydrogens is 377 g/mol. The van der Waals surface area contributed by atoms with Crippen molar-refractivity contribution in [2.24, 2.45) is 0 Å². The van der Waals surface area contributed by atoms with E-state index in [1.807, 2.05) is 30.3 Å². The number of anilines is 1. The first kappa shape index (κ1) is 19.5. The second-order valence-corrected chi connectivity index (χ2v) is 6.95. The van der Waals surface area contributed by atoms with Crippen LogP contribution in [0.3, 0.4) is 0 Å². The molecule has 7 heteroatoms. The Hall–Kier alpha value is -2.21. The lowest BCUT2D eigenvalue weighted by Gasteiger charge is -2.37. The number of carbonyl (C=O) groups excluding carboxylic acids is 1. The zero-order chi connectivity index (χ0) is 19.4. The van der Waals surface area contributed by atoms with E-state index in [2.05, 4.69) is 0 Å². The van der Waals surface area contributed by atoms with Crippen LogP contribution >= 0.6 is 11.6 Å². The summed E-state index contributed by atoms with van der Waals surface area (Å²) in [6.07, 6.45) is -3.41. The van der Waals surface area contributed by atoms with Crippen molar-refractivity contribution in [1.82, 2.24) is 4.90 Å². The second kappa shape index (κ2) is 8.21. The molecule has 0 spiro atoms. The van der Waals surface area contributed by atoms with E-state index in [0.29, 0.717) is 39.0 Å². The van der Waals surface area contributed by atoms with E-state index in [1.54, 1.807) is 9.80 Å². The number of hydrogen-bond donors (Lipinski definition) is 0. The molecule has 0 atom stereocenters. The topological polar surface area (TPSA) is 23.6 Å². The second-order valence-electron chi connectivity index (χ2n) is 6.51. The zero-order valence-electron chi connectivity index (χ0n) is 14.7. The van der Waals surface area contributed by atoms with Gasteiger partial charge in [-0.3, -0.25) is 4.79 Å². The fourth-order valence-corrected chi connectivity index (χ4v) is 3.43. The molecule has 0 bridgehead atoms. The van der Waals surface area contributed by atoms with Crippen LogP contribution in [0.15, 0.2) is 48.5 Å². The van der Waals surface area contributed by atoms with E-state index in [0.717, 1.165) is 11.6 Å². The van der Waals surface area contributed by atoms with Gasteiger partial charge in [-0.05, 0) is 30.2 Å². The fourth-order valence-electron chi connectivity index (χ4n) is 3.26. The van der Waals surface area contributed by atoms with E-state index in [4.69, 9.17) is 11.6 Å². The first-order valence-electron chi connectivity index (χ1n) is 8.78. The highest BCUT2D eigenvalue weighted by Gasteiger charge is 2.36. The van der Waals surface area contributed by atoms with Gasteiger partial charge in [0.2, 0.25) is 5.91 Å². The highest BCUT2D eigenvalue weighted by molar-refractivity contribution is 6.30. The Morgan fingerprint density at radius 1 is 1.00 bits per heavy atom. The van der Waals surface area contributed by atoms with Gasteiger partial charge in [0.05, 0.1) is 5.56 Å². The molecule has 144 valence electrons. The Kier molecular flexibility index (Phi) is 5.95. The van der Waals surface area contributed by atoms with E-state index >= 15 is 0 Å². The van der Waals surface area contributed by atoms with Gasteiger partial charge in [-0.25, -0.2) is 0 Å². The number of aryl methyl sites for hydroxylation is 1. The first-order valence-corrected chi connectivity index (χ1v) is 9.16. The number of carbonyl (C=O) groups is 1. The third-order valence-electron chi connectivity index (χ3n) is 4.71. The highest BCUT2D eigenvalue weighted by Crippen LogP contribution is 2.38. The monoisotopic (exact) mass is 396 g/mol. The summed E-state index contributed by atoms with van der Waals surface area (Å²) in [5.41, 5.74) is 0.475. The molecule has 3 rings (SSSR count). The predicted molar refractivity (Wildman–Crippen MR) is 100 cm³/mol. The van der Waals surface area contributed by atoms with Gasteiger partial charge in [-0.15, -0.1) is 0 Å². The lowest BCUT2D eigenvalue weighted by molar-refractivity contribution is -0.137. The normalized spacial score (nSPS) is 15.1. The van der Waals surface area contributed by atoms with Crippen LogP contribution < -0.4 is 4.90 Å². The van der Waals surface area contributed by atoms with Gasteiger partial charge >= 0.3 is 6.18 Å². The molecule has 2 aromatic carbocycles. The molecule has 0 N–H and O–H groups in total. The summed E-state index contributed by atoms with van der Waals surface area (Å²) in [4.78, 5) is 15.8. The van der Waals surface area contributed by atoms with Crippen molar-refractivity contribution in [3.05, 3.63) is 64.7 Å². The minimum absolute atomic E-state index is 0.0330.